The first-order chi connectivity index (χ1) is 5.11. The number of hydrogen-bond donors (Lipinski definition) is 1. The van der Waals surface area contributed by atoms with Crippen molar-refractivity contribution in [1.29, 1.82) is 0 Å². The molecule has 0 aliphatic heterocycles. The Morgan fingerprint density at radius 3 is 2.82 bits per heavy atom. The summed E-state index contributed by atoms with van der Waals surface area (Å²) in [5, 5.41) is 1.91. The Morgan fingerprint density at radius 1 is 1.82 bits per heavy atom. The number of hydrogen-bond acceptors (Lipinski definition) is 3. The SMILES string of the molecule is CC(=O)C(N)c1cc(Br)cs1. The van der Waals surface area contributed by atoms with Crippen LogP contribution in [0.25, 0.3) is 0 Å². The highest BCUT2D eigenvalue weighted by molar-refractivity contribution is 9.10. The molecular formula is C7H8BrNOS. The molecule has 0 bridgehead atoms. The highest BCUT2D eigenvalue weighted by atomic mass is 79.9. The number of rotatable bonds is 2. The molecule has 0 aliphatic rings. The molecule has 2 nitrogen and oxygen atoms in total. The van der Waals surface area contributed by atoms with Crippen LogP contribution in [0.1, 0.15) is 17.8 Å². The number of halogens is 1. The third-order valence-electron chi connectivity index (χ3n) is 1.33. The maximum absolute atomic E-state index is 10.8. The van der Waals surface area contributed by atoms with Gasteiger partial charge in [-0.3, -0.25) is 4.79 Å². The number of carbonyl (C=O) groups is 1. The second-order valence-corrected chi connectivity index (χ2v) is 4.11. The molecule has 4 heteroatoms. The Kier molecular flexibility index (Phi) is 2.81. The van der Waals surface area contributed by atoms with Gasteiger partial charge in [0.1, 0.15) is 0 Å². The molecule has 0 saturated carbocycles. The molecule has 1 atom stereocenters. The first kappa shape index (κ1) is 8.90. The second-order valence-electron chi connectivity index (χ2n) is 2.26. The zero-order chi connectivity index (χ0) is 8.43. The molecule has 0 radical (unpaired) electrons. The van der Waals surface area contributed by atoms with Crippen molar-refractivity contribution >= 4 is 33.0 Å². The number of Topliss-reactive ketones (excluding diaryl/α,β-unsaturated/α-hetero) is 1. The summed E-state index contributed by atoms with van der Waals surface area (Å²) in [6, 6.07) is 1.42. The van der Waals surface area contributed by atoms with E-state index in [0.29, 0.717) is 0 Å². The highest BCUT2D eigenvalue weighted by Gasteiger charge is 2.12. The van der Waals surface area contributed by atoms with E-state index in [1.165, 1.54) is 18.3 Å². The topological polar surface area (TPSA) is 43.1 Å². The van der Waals surface area contributed by atoms with Gasteiger partial charge in [-0.15, -0.1) is 11.3 Å². The van der Waals surface area contributed by atoms with Crippen LogP contribution in [0.15, 0.2) is 15.9 Å². The lowest BCUT2D eigenvalue weighted by atomic mass is 10.2. The molecule has 1 aromatic rings. The van der Waals surface area contributed by atoms with E-state index in [1.54, 1.807) is 0 Å². The minimum atomic E-state index is -0.453. The molecular weight excluding hydrogens is 226 g/mol. The van der Waals surface area contributed by atoms with Crippen LogP contribution in [0.5, 0.6) is 0 Å². The third-order valence-corrected chi connectivity index (χ3v) is 3.11. The van der Waals surface area contributed by atoms with E-state index in [9.17, 15) is 4.79 Å². The van der Waals surface area contributed by atoms with Crippen molar-refractivity contribution in [2.45, 2.75) is 13.0 Å². The Bertz CT molecular complexity index is 271. The maximum atomic E-state index is 10.8. The number of nitrogens with two attached hydrogens (primary N) is 1. The van der Waals surface area contributed by atoms with Gasteiger partial charge in [0.05, 0.1) is 6.04 Å². The first-order valence-corrected chi connectivity index (χ1v) is 4.78. The first-order valence-electron chi connectivity index (χ1n) is 3.11. The Hall–Kier alpha value is -0.190. The van der Waals surface area contributed by atoms with Crippen LogP contribution in [0.4, 0.5) is 0 Å². The van der Waals surface area contributed by atoms with Crippen molar-refractivity contribution in [1.82, 2.24) is 0 Å². The van der Waals surface area contributed by atoms with Gasteiger partial charge < -0.3 is 5.73 Å². The predicted octanol–water partition coefficient (Wildman–Crippen LogP) is 2.10. The van der Waals surface area contributed by atoms with E-state index in [-0.39, 0.29) is 5.78 Å². The molecule has 0 aliphatic carbocycles. The summed E-state index contributed by atoms with van der Waals surface area (Å²) in [4.78, 5) is 11.7. The van der Waals surface area contributed by atoms with Crippen LogP contribution in [0, 0.1) is 0 Å². The van der Waals surface area contributed by atoms with E-state index in [2.05, 4.69) is 15.9 Å². The van der Waals surface area contributed by atoms with Gasteiger partial charge in [-0.2, -0.15) is 0 Å². The van der Waals surface area contributed by atoms with Crippen LogP contribution in [0.3, 0.4) is 0 Å². The van der Waals surface area contributed by atoms with E-state index in [4.69, 9.17) is 5.73 Å². The summed E-state index contributed by atoms with van der Waals surface area (Å²) < 4.78 is 0.981. The van der Waals surface area contributed by atoms with Gasteiger partial charge in [0, 0.05) is 14.7 Å². The maximum Gasteiger partial charge on any atom is 0.151 e. The van der Waals surface area contributed by atoms with E-state index < -0.39 is 6.04 Å². The fourth-order valence-electron chi connectivity index (χ4n) is 0.692. The number of ketones is 1. The minimum Gasteiger partial charge on any atom is -0.317 e. The van der Waals surface area contributed by atoms with Crippen LogP contribution in [-0.4, -0.2) is 5.78 Å². The van der Waals surface area contributed by atoms with Gasteiger partial charge in [-0.1, -0.05) is 0 Å². The quantitative estimate of drug-likeness (QED) is 0.851. The van der Waals surface area contributed by atoms with Crippen molar-refractivity contribution in [3.8, 4) is 0 Å². The van der Waals surface area contributed by atoms with E-state index >= 15 is 0 Å². The molecule has 60 valence electrons. The third kappa shape index (κ3) is 2.12. The molecule has 1 aromatic heterocycles. The van der Waals surface area contributed by atoms with Gasteiger partial charge in [-0.05, 0) is 28.9 Å². The van der Waals surface area contributed by atoms with Crippen molar-refractivity contribution < 1.29 is 4.79 Å². The fourth-order valence-corrected chi connectivity index (χ4v) is 2.19. The lowest BCUT2D eigenvalue weighted by molar-refractivity contribution is -0.118. The average Bonchev–Trinajstić information content (AvgIpc) is 2.34. The van der Waals surface area contributed by atoms with Crippen molar-refractivity contribution in [3.05, 3.63) is 20.8 Å². The zero-order valence-corrected chi connectivity index (χ0v) is 8.41. The average molecular weight is 234 g/mol. The summed E-state index contributed by atoms with van der Waals surface area (Å²) in [6.45, 7) is 1.50. The molecule has 0 fully saturated rings. The molecule has 0 spiro atoms. The molecule has 0 saturated heterocycles. The minimum absolute atomic E-state index is 0.000602. The fraction of sp³-hybridized carbons (Fsp3) is 0.286. The van der Waals surface area contributed by atoms with E-state index in [1.807, 2.05) is 11.4 Å². The largest absolute Gasteiger partial charge is 0.317 e. The lowest BCUT2D eigenvalue weighted by Gasteiger charge is -2.02. The molecule has 1 unspecified atom stereocenters. The summed E-state index contributed by atoms with van der Waals surface area (Å²) in [5.41, 5.74) is 5.59. The summed E-state index contributed by atoms with van der Waals surface area (Å²) in [7, 11) is 0. The molecule has 1 heterocycles. The van der Waals surface area contributed by atoms with Crippen LogP contribution in [-0.2, 0) is 4.79 Å². The smallest absolute Gasteiger partial charge is 0.151 e. The summed E-state index contributed by atoms with van der Waals surface area (Å²) >= 11 is 4.79. The Balaban J connectivity index is 2.84. The molecule has 1 rings (SSSR count). The van der Waals surface area contributed by atoms with Crippen molar-refractivity contribution in [2.24, 2.45) is 5.73 Å². The molecule has 0 amide bonds. The summed E-state index contributed by atoms with van der Waals surface area (Å²) in [6.07, 6.45) is 0. The zero-order valence-electron chi connectivity index (χ0n) is 6.00. The molecule has 11 heavy (non-hydrogen) atoms. The van der Waals surface area contributed by atoms with Gasteiger partial charge >= 0.3 is 0 Å². The Labute approximate surface area is 77.5 Å². The number of carbonyl (C=O) groups excluding carboxylic acids is 1. The Morgan fingerprint density at radius 2 is 2.45 bits per heavy atom. The molecule has 2 N–H and O–H groups in total. The monoisotopic (exact) mass is 233 g/mol. The second kappa shape index (κ2) is 3.47. The standard InChI is InChI=1S/C7H8BrNOS/c1-4(10)7(9)6-2-5(8)3-11-6/h2-3,7H,9H2,1H3. The van der Waals surface area contributed by atoms with Gasteiger partial charge in [0.15, 0.2) is 5.78 Å². The van der Waals surface area contributed by atoms with Gasteiger partial charge in [-0.25, -0.2) is 0 Å². The van der Waals surface area contributed by atoms with Gasteiger partial charge in [0.25, 0.3) is 0 Å². The predicted molar refractivity (Wildman–Crippen MR) is 49.6 cm³/mol. The lowest BCUT2D eigenvalue weighted by Crippen LogP contribution is -2.16. The van der Waals surface area contributed by atoms with Crippen LogP contribution >= 0.6 is 27.3 Å². The van der Waals surface area contributed by atoms with Crippen molar-refractivity contribution in [2.75, 3.05) is 0 Å². The molecule has 0 aromatic carbocycles. The summed E-state index contributed by atoms with van der Waals surface area (Å²) in [5.74, 6) is -0.000602. The normalized spacial score (nSPS) is 13.0. The van der Waals surface area contributed by atoms with Crippen molar-refractivity contribution in [3.63, 3.8) is 0 Å². The number of thiophene rings is 1. The van der Waals surface area contributed by atoms with Crippen LogP contribution < -0.4 is 5.73 Å². The van der Waals surface area contributed by atoms with Gasteiger partial charge in [0.2, 0.25) is 0 Å². The highest BCUT2D eigenvalue weighted by Crippen LogP contribution is 2.24. The van der Waals surface area contributed by atoms with E-state index in [0.717, 1.165) is 9.35 Å². The van der Waals surface area contributed by atoms with Crippen LogP contribution in [0.2, 0.25) is 0 Å².